The van der Waals surface area contributed by atoms with Crippen LogP contribution in [0.4, 0.5) is 11.4 Å². The minimum atomic E-state index is -3.60. The Morgan fingerprint density at radius 1 is 1.10 bits per heavy atom. The van der Waals surface area contributed by atoms with E-state index >= 15 is 0 Å². The highest BCUT2D eigenvalue weighted by molar-refractivity contribution is 7.89. The minimum Gasteiger partial charge on any atom is -0.323 e. The molecule has 0 aliphatic carbocycles. The number of amides is 2. The Bertz CT molecular complexity index is 1070. The van der Waals surface area contributed by atoms with Crippen molar-refractivity contribution in [1.29, 1.82) is 0 Å². The summed E-state index contributed by atoms with van der Waals surface area (Å²) in [6.07, 6.45) is 3.57. The SMILES string of the molecule is CC[C@@H]1CCCCN1S(=O)(=O)c1ccc(C(=O)N2CC(=O)Nc3ccccc32)cc1. The molecule has 2 aromatic carbocycles. The van der Waals surface area contributed by atoms with Gasteiger partial charge >= 0.3 is 0 Å². The van der Waals surface area contributed by atoms with Crippen molar-refractivity contribution in [3.05, 3.63) is 54.1 Å². The summed E-state index contributed by atoms with van der Waals surface area (Å²) in [6.45, 7) is 2.45. The number of carbonyl (C=O) groups excluding carboxylic acids is 2. The number of carbonyl (C=O) groups is 2. The lowest BCUT2D eigenvalue weighted by Crippen LogP contribution is -2.43. The third kappa shape index (κ3) is 3.73. The van der Waals surface area contributed by atoms with E-state index in [9.17, 15) is 18.0 Å². The van der Waals surface area contributed by atoms with Gasteiger partial charge in [0.1, 0.15) is 6.54 Å². The van der Waals surface area contributed by atoms with Gasteiger partial charge in [0.25, 0.3) is 5.91 Å². The molecule has 0 saturated carbocycles. The fourth-order valence-electron chi connectivity index (χ4n) is 4.17. The summed E-state index contributed by atoms with van der Waals surface area (Å²) < 4.78 is 27.8. The van der Waals surface area contributed by atoms with Gasteiger partial charge in [0, 0.05) is 18.2 Å². The Morgan fingerprint density at radius 3 is 2.57 bits per heavy atom. The van der Waals surface area contributed by atoms with Crippen LogP contribution in [-0.4, -0.2) is 43.7 Å². The molecule has 4 rings (SSSR count). The van der Waals surface area contributed by atoms with Crippen LogP contribution in [0, 0.1) is 0 Å². The van der Waals surface area contributed by atoms with E-state index in [-0.39, 0.29) is 29.3 Å². The largest absolute Gasteiger partial charge is 0.323 e. The lowest BCUT2D eigenvalue weighted by Gasteiger charge is -2.34. The Morgan fingerprint density at radius 2 is 1.83 bits per heavy atom. The van der Waals surface area contributed by atoms with Crippen molar-refractivity contribution in [3.63, 3.8) is 0 Å². The monoisotopic (exact) mass is 427 g/mol. The van der Waals surface area contributed by atoms with Gasteiger partial charge in [0.2, 0.25) is 15.9 Å². The molecular weight excluding hydrogens is 402 g/mol. The number of hydrogen-bond acceptors (Lipinski definition) is 4. The standard InChI is InChI=1S/C22H25N3O4S/c1-2-17-7-5-6-14-25(17)30(28,29)18-12-10-16(11-13-18)22(27)24-15-21(26)23-19-8-3-4-9-20(19)24/h3-4,8-13,17H,2,5-7,14-15H2,1H3,(H,23,26)/t17-/m1/s1. The van der Waals surface area contributed by atoms with Crippen LogP contribution >= 0.6 is 0 Å². The first-order chi connectivity index (χ1) is 14.4. The Kier molecular flexibility index (Phi) is 5.62. The van der Waals surface area contributed by atoms with Crippen molar-refractivity contribution >= 4 is 33.2 Å². The van der Waals surface area contributed by atoms with Crippen LogP contribution in [0.1, 0.15) is 43.0 Å². The zero-order valence-corrected chi connectivity index (χ0v) is 17.7. The summed E-state index contributed by atoms with van der Waals surface area (Å²) in [6, 6.07) is 13.1. The van der Waals surface area contributed by atoms with Crippen molar-refractivity contribution in [2.45, 2.75) is 43.5 Å². The van der Waals surface area contributed by atoms with Gasteiger partial charge in [-0.1, -0.05) is 25.5 Å². The number of sulfonamides is 1. The molecule has 1 N–H and O–H groups in total. The molecule has 0 bridgehead atoms. The molecule has 2 aromatic rings. The second-order valence-corrected chi connectivity index (χ2v) is 9.55. The highest BCUT2D eigenvalue weighted by atomic mass is 32.2. The lowest BCUT2D eigenvalue weighted by molar-refractivity contribution is -0.115. The van der Waals surface area contributed by atoms with Crippen LogP contribution in [0.2, 0.25) is 0 Å². The minimum absolute atomic E-state index is 0.0217. The summed E-state index contributed by atoms with van der Waals surface area (Å²) in [5, 5.41) is 2.75. The van der Waals surface area contributed by atoms with E-state index < -0.39 is 10.0 Å². The van der Waals surface area contributed by atoms with E-state index in [1.165, 1.54) is 29.2 Å². The number of piperidine rings is 1. The molecule has 2 aliphatic heterocycles. The first-order valence-corrected chi connectivity index (χ1v) is 11.7. The van der Waals surface area contributed by atoms with Crippen molar-refractivity contribution in [2.75, 3.05) is 23.3 Å². The second kappa shape index (κ2) is 8.20. The molecule has 0 aromatic heterocycles. The molecule has 8 heteroatoms. The first-order valence-electron chi connectivity index (χ1n) is 10.2. The maximum Gasteiger partial charge on any atom is 0.258 e. The summed E-state index contributed by atoms with van der Waals surface area (Å²) in [4.78, 5) is 26.7. The molecule has 1 atom stereocenters. The molecule has 30 heavy (non-hydrogen) atoms. The predicted molar refractivity (Wildman–Crippen MR) is 115 cm³/mol. The number of benzene rings is 2. The predicted octanol–water partition coefficient (Wildman–Crippen LogP) is 3.24. The van der Waals surface area contributed by atoms with Gasteiger partial charge in [-0.05, 0) is 55.7 Å². The average molecular weight is 428 g/mol. The van der Waals surface area contributed by atoms with E-state index in [0.29, 0.717) is 23.5 Å². The van der Waals surface area contributed by atoms with Crippen LogP contribution in [-0.2, 0) is 14.8 Å². The molecule has 7 nitrogen and oxygen atoms in total. The number of fused-ring (bicyclic) bond motifs is 1. The van der Waals surface area contributed by atoms with Crippen LogP contribution in [0.5, 0.6) is 0 Å². The van der Waals surface area contributed by atoms with E-state index in [1.807, 2.05) is 6.92 Å². The Labute approximate surface area is 176 Å². The first kappa shape index (κ1) is 20.6. The topological polar surface area (TPSA) is 86.8 Å². The molecule has 0 radical (unpaired) electrons. The summed E-state index contributed by atoms with van der Waals surface area (Å²) in [7, 11) is -3.60. The van der Waals surface area contributed by atoms with Gasteiger partial charge in [-0.15, -0.1) is 0 Å². The molecule has 1 fully saturated rings. The van der Waals surface area contributed by atoms with Gasteiger partial charge in [-0.2, -0.15) is 4.31 Å². The lowest BCUT2D eigenvalue weighted by atomic mass is 10.0. The van der Waals surface area contributed by atoms with Crippen LogP contribution in [0.25, 0.3) is 0 Å². The normalized spacial score (nSPS) is 19.8. The van der Waals surface area contributed by atoms with Crippen LogP contribution < -0.4 is 10.2 Å². The van der Waals surface area contributed by atoms with Crippen molar-refractivity contribution in [1.82, 2.24) is 4.31 Å². The van der Waals surface area contributed by atoms with E-state index in [1.54, 1.807) is 28.6 Å². The molecule has 2 aliphatic rings. The Balaban J connectivity index is 1.60. The molecule has 2 heterocycles. The second-order valence-electron chi connectivity index (χ2n) is 7.65. The number of nitrogens with zero attached hydrogens (tertiary/aromatic N) is 2. The third-order valence-electron chi connectivity index (χ3n) is 5.77. The molecule has 158 valence electrons. The molecule has 1 saturated heterocycles. The zero-order chi connectivity index (χ0) is 21.3. The number of anilines is 2. The number of para-hydroxylation sites is 2. The quantitative estimate of drug-likeness (QED) is 0.812. The summed E-state index contributed by atoms with van der Waals surface area (Å²) in [5.74, 6) is -0.609. The summed E-state index contributed by atoms with van der Waals surface area (Å²) in [5.41, 5.74) is 1.54. The van der Waals surface area contributed by atoms with Gasteiger partial charge in [-0.3, -0.25) is 14.5 Å². The van der Waals surface area contributed by atoms with E-state index in [4.69, 9.17) is 0 Å². The van der Waals surface area contributed by atoms with Gasteiger partial charge in [-0.25, -0.2) is 8.42 Å². The maximum absolute atomic E-state index is 13.1. The Hall–Kier alpha value is -2.71. The van der Waals surface area contributed by atoms with Crippen molar-refractivity contribution in [2.24, 2.45) is 0 Å². The average Bonchev–Trinajstić information content (AvgIpc) is 2.78. The van der Waals surface area contributed by atoms with Gasteiger partial charge in [0.15, 0.2) is 0 Å². The van der Waals surface area contributed by atoms with E-state index in [0.717, 1.165) is 25.7 Å². The number of hydrogen-bond donors (Lipinski definition) is 1. The smallest absolute Gasteiger partial charge is 0.258 e. The molecule has 2 amide bonds. The zero-order valence-electron chi connectivity index (χ0n) is 16.9. The summed E-state index contributed by atoms with van der Waals surface area (Å²) >= 11 is 0. The molecule has 0 unspecified atom stereocenters. The fourth-order valence-corrected chi connectivity index (χ4v) is 5.94. The molecule has 0 spiro atoms. The third-order valence-corrected chi connectivity index (χ3v) is 7.73. The highest BCUT2D eigenvalue weighted by Crippen LogP contribution is 2.31. The van der Waals surface area contributed by atoms with Crippen molar-refractivity contribution in [3.8, 4) is 0 Å². The van der Waals surface area contributed by atoms with Gasteiger partial charge in [0.05, 0.1) is 16.3 Å². The highest BCUT2D eigenvalue weighted by Gasteiger charge is 2.33. The van der Waals surface area contributed by atoms with Crippen LogP contribution in [0.15, 0.2) is 53.4 Å². The molecular formula is C22H25N3O4S. The van der Waals surface area contributed by atoms with Crippen molar-refractivity contribution < 1.29 is 18.0 Å². The fraction of sp³-hybridized carbons (Fsp3) is 0.364. The maximum atomic E-state index is 13.1. The number of nitrogens with one attached hydrogen (secondary N) is 1. The van der Waals surface area contributed by atoms with Crippen LogP contribution in [0.3, 0.4) is 0 Å². The van der Waals surface area contributed by atoms with E-state index in [2.05, 4.69) is 5.32 Å². The number of rotatable bonds is 4. The van der Waals surface area contributed by atoms with Gasteiger partial charge < -0.3 is 5.32 Å².